The monoisotopic (exact) mass is 300 g/mol. The van der Waals surface area contributed by atoms with Crippen LogP contribution in [-0.4, -0.2) is 58.4 Å². The summed E-state index contributed by atoms with van der Waals surface area (Å²) in [5.41, 5.74) is 0.720. The topological polar surface area (TPSA) is 69.6 Å². The molecule has 1 rings (SSSR count). The summed E-state index contributed by atoms with van der Waals surface area (Å²) in [7, 11) is 0.872. The van der Waals surface area contributed by atoms with Crippen LogP contribution < -0.4 is 5.32 Å². The standard InChI is InChI=1S/C14H24N2O3S/c1-16(2)10-4-9-15-11-14(17)12-5-7-13(8-6-12)20(3,18)19/h5-8,14-15,17H,4,9-11H2,1-3H3. The van der Waals surface area contributed by atoms with Gasteiger partial charge in [0, 0.05) is 12.8 Å². The van der Waals surface area contributed by atoms with Gasteiger partial charge in [0.25, 0.3) is 0 Å². The normalized spacial score (nSPS) is 13.7. The van der Waals surface area contributed by atoms with E-state index in [-0.39, 0.29) is 4.90 Å². The SMILES string of the molecule is CN(C)CCCNCC(O)c1ccc(S(C)(=O)=O)cc1. The molecule has 0 aliphatic rings. The summed E-state index contributed by atoms with van der Waals surface area (Å²) in [6.45, 7) is 2.31. The first-order valence-electron chi connectivity index (χ1n) is 6.64. The third kappa shape index (κ3) is 6.00. The second-order valence-corrected chi connectivity index (χ2v) is 7.23. The highest BCUT2D eigenvalue weighted by Gasteiger charge is 2.10. The molecule has 1 aromatic carbocycles. The van der Waals surface area contributed by atoms with Crippen LogP contribution in [0.4, 0.5) is 0 Å². The van der Waals surface area contributed by atoms with E-state index in [1.807, 2.05) is 14.1 Å². The van der Waals surface area contributed by atoms with E-state index in [0.717, 1.165) is 25.1 Å². The van der Waals surface area contributed by atoms with E-state index < -0.39 is 15.9 Å². The molecule has 0 heterocycles. The van der Waals surface area contributed by atoms with Gasteiger partial charge in [0.15, 0.2) is 9.84 Å². The van der Waals surface area contributed by atoms with Gasteiger partial charge < -0.3 is 15.3 Å². The molecule has 0 saturated heterocycles. The molecule has 0 spiro atoms. The predicted octanol–water partition coefficient (Wildman–Crippen LogP) is 0.665. The van der Waals surface area contributed by atoms with E-state index >= 15 is 0 Å². The maximum atomic E-state index is 11.3. The lowest BCUT2D eigenvalue weighted by atomic mass is 10.1. The van der Waals surface area contributed by atoms with E-state index in [2.05, 4.69) is 10.2 Å². The first-order chi connectivity index (χ1) is 9.30. The van der Waals surface area contributed by atoms with Gasteiger partial charge in [-0.1, -0.05) is 12.1 Å². The number of sulfone groups is 1. The third-order valence-corrected chi connectivity index (χ3v) is 4.12. The zero-order chi connectivity index (χ0) is 15.2. The Kier molecular flexibility index (Phi) is 6.61. The maximum Gasteiger partial charge on any atom is 0.175 e. The Labute approximate surface area is 121 Å². The van der Waals surface area contributed by atoms with E-state index in [9.17, 15) is 13.5 Å². The summed E-state index contributed by atoms with van der Waals surface area (Å²) < 4.78 is 22.7. The van der Waals surface area contributed by atoms with Crippen molar-refractivity contribution in [2.75, 3.05) is 40.0 Å². The van der Waals surface area contributed by atoms with Gasteiger partial charge in [0.1, 0.15) is 0 Å². The van der Waals surface area contributed by atoms with Crippen molar-refractivity contribution in [1.29, 1.82) is 0 Å². The zero-order valence-electron chi connectivity index (χ0n) is 12.3. The van der Waals surface area contributed by atoms with Crippen molar-refractivity contribution < 1.29 is 13.5 Å². The van der Waals surface area contributed by atoms with Crippen LogP contribution in [0.2, 0.25) is 0 Å². The second-order valence-electron chi connectivity index (χ2n) is 5.22. The Hall–Kier alpha value is -0.950. The summed E-state index contributed by atoms with van der Waals surface area (Å²) in [6, 6.07) is 6.37. The Bertz CT molecular complexity index is 498. The number of nitrogens with zero attached hydrogens (tertiary/aromatic N) is 1. The van der Waals surface area contributed by atoms with Crippen molar-refractivity contribution in [1.82, 2.24) is 10.2 Å². The van der Waals surface area contributed by atoms with Gasteiger partial charge in [-0.25, -0.2) is 8.42 Å². The molecule has 6 heteroatoms. The molecule has 0 fully saturated rings. The van der Waals surface area contributed by atoms with E-state index in [4.69, 9.17) is 0 Å². The lowest BCUT2D eigenvalue weighted by Gasteiger charge is -2.14. The summed E-state index contributed by atoms with van der Waals surface area (Å²) in [4.78, 5) is 2.38. The zero-order valence-corrected chi connectivity index (χ0v) is 13.2. The maximum absolute atomic E-state index is 11.3. The molecule has 0 radical (unpaired) electrons. The number of rotatable bonds is 8. The van der Waals surface area contributed by atoms with Crippen LogP contribution in [0.3, 0.4) is 0 Å². The second kappa shape index (κ2) is 7.73. The lowest BCUT2D eigenvalue weighted by molar-refractivity contribution is 0.174. The van der Waals surface area contributed by atoms with Gasteiger partial charge >= 0.3 is 0 Å². The Morgan fingerprint density at radius 3 is 2.35 bits per heavy atom. The van der Waals surface area contributed by atoms with Crippen LogP contribution in [0, 0.1) is 0 Å². The van der Waals surface area contributed by atoms with Crippen molar-refractivity contribution >= 4 is 9.84 Å². The molecular weight excluding hydrogens is 276 g/mol. The number of benzene rings is 1. The van der Waals surface area contributed by atoms with Gasteiger partial charge in [0.05, 0.1) is 11.0 Å². The highest BCUT2D eigenvalue weighted by molar-refractivity contribution is 7.90. The Morgan fingerprint density at radius 2 is 1.85 bits per heavy atom. The number of aliphatic hydroxyl groups is 1. The molecule has 1 unspecified atom stereocenters. The van der Waals surface area contributed by atoms with E-state index in [1.54, 1.807) is 12.1 Å². The Morgan fingerprint density at radius 1 is 1.25 bits per heavy atom. The van der Waals surface area contributed by atoms with Gasteiger partial charge in [-0.15, -0.1) is 0 Å². The van der Waals surface area contributed by atoms with Crippen molar-refractivity contribution in [2.24, 2.45) is 0 Å². The molecule has 5 nitrogen and oxygen atoms in total. The average molecular weight is 300 g/mol. The van der Waals surface area contributed by atoms with Gasteiger partial charge in [-0.3, -0.25) is 0 Å². The third-order valence-electron chi connectivity index (χ3n) is 2.99. The molecule has 114 valence electrons. The summed E-state index contributed by atoms with van der Waals surface area (Å²) >= 11 is 0. The van der Waals surface area contributed by atoms with Gasteiger partial charge in [-0.2, -0.15) is 0 Å². The van der Waals surface area contributed by atoms with Crippen LogP contribution in [-0.2, 0) is 9.84 Å². The summed E-state index contributed by atoms with van der Waals surface area (Å²) in [5, 5.41) is 13.2. The fourth-order valence-electron chi connectivity index (χ4n) is 1.81. The van der Waals surface area contributed by atoms with Crippen molar-refractivity contribution in [2.45, 2.75) is 17.4 Å². The smallest absolute Gasteiger partial charge is 0.175 e. The molecule has 0 aromatic heterocycles. The number of nitrogens with one attached hydrogen (secondary N) is 1. The molecule has 0 saturated carbocycles. The highest BCUT2D eigenvalue weighted by Crippen LogP contribution is 2.15. The molecule has 0 aliphatic carbocycles. The van der Waals surface area contributed by atoms with Crippen molar-refractivity contribution in [3.05, 3.63) is 29.8 Å². The predicted molar refractivity (Wildman–Crippen MR) is 80.6 cm³/mol. The quantitative estimate of drug-likeness (QED) is 0.691. The molecular formula is C14H24N2O3S. The highest BCUT2D eigenvalue weighted by atomic mass is 32.2. The molecule has 2 N–H and O–H groups in total. The fourth-order valence-corrected chi connectivity index (χ4v) is 2.44. The molecule has 1 aromatic rings. The van der Waals surface area contributed by atoms with Gasteiger partial charge in [-0.05, 0) is 51.3 Å². The Balaban J connectivity index is 2.42. The van der Waals surface area contributed by atoms with E-state index in [0.29, 0.717) is 6.54 Å². The van der Waals surface area contributed by atoms with Crippen LogP contribution in [0.5, 0.6) is 0 Å². The fraction of sp³-hybridized carbons (Fsp3) is 0.571. The van der Waals surface area contributed by atoms with Crippen molar-refractivity contribution in [3.63, 3.8) is 0 Å². The first-order valence-corrected chi connectivity index (χ1v) is 8.53. The summed E-state index contributed by atoms with van der Waals surface area (Å²) in [6.07, 6.45) is 1.57. The molecule has 0 bridgehead atoms. The lowest BCUT2D eigenvalue weighted by Crippen LogP contribution is -2.25. The summed E-state index contributed by atoms with van der Waals surface area (Å²) in [5.74, 6) is 0. The number of hydrogen-bond acceptors (Lipinski definition) is 5. The van der Waals surface area contributed by atoms with Crippen LogP contribution in [0.25, 0.3) is 0 Å². The van der Waals surface area contributed by atoms with Crippen LogP contribution in [0.1, 0.15) is 18.1 Å². The van der Waals surface area contributed by atoms with Crippen LogP contribution >= 0.6 is 0 Å². The average Bonchev–Trinajstić information content (AvgIpc) is 2.37. The van der Waals surface area contributed by atoms with Crippen LogP contribution in [0.15, 0.2) is 29.2 Å². The minimum absolute atomic E-state index is 0.271. The largest absolute Gasteiger partial charge is 0.387 e. The molecule has 0 aliphatic heterocycles. The van der Waals surface area contributed by atoms with E-state index in [1.165, 1.54) is 18.4 Å². The first kappa shape index (κ1) is 17.1. The minimum Gasteiger partial charge on any atom is -0.387 e. The molecule has 20 heavy (non-hydrogen) atoms. The number of hydrogen-bond donors (Lipinski definition) is 2. The molecule has 1 atom stereocenters. The molecule has 0 amide bonds. The number of aliphatic hydroxyl groups excluding tert-OH is 1. The van der Waals surface area contributed by atoms with Crippen molar-refractivity contribution in [3.8, 4) is 0 Å². The van der Waals surface area contributed by atoms with Gasteiger partial charge in [0.2, 0.25) is 0 Å². The minimum atomic E-state index is -3.18.